The van der Waals surface area contributed by atoms with Gasteiger partial charge in [-0.3, -0.25) is 14.4 Å². The van der Waals surface area contributed by atoms with Crippen molar-refractivity contribution in [3.63, 3.8) is 0 Å². The molecule has 0 aliphatic rings. The lowest BCUT2D eigenvalue weighted by Gasteiger charge is -2.18. The molecule has 2 amide bonds. The number of hydrogen-bond acceptors (Lipinski definition) is 3. The van der Waals surface area contributed by atoms with Crippen molar-refractivity contribution in [1.29, 1.82) is 0 Å². The summed E-state index contributed by atoms with van der Waals surface area (Å²) in [6, 6.07) is 17.0. The number of aliphatic carboxylic acids is 1. The van der Waals surface area contributed by atoms with Gasteiger partial charge in [0.15, 0.2) is 0 Å². The van der Waals surface area contributed by atoms with Gasteiger partial charge in [0, 0.05) is 12.1 Å². The SMILES string of the molecule is O=C(O)CC[C@H](NC(=O)Cc1ccccc1)C(=O)Nc1ccccc1. The first-order valence-corrected chi connectivity index (χ1v) is 7.95. The Bertz CT molecular complexity index is 717. The summed E-state index contributed by atoms with van der Waals surface area (Å²) in [5.74, 6) is -1.78. The van der Waals surface area contributed by atoms with Crippen molar-refractivity contribution in [1.82, 2.24) is 5.32 Å². The Morgan fingerprint density at radius 3 is 2.12 bits per heavy atom. The summed E-state index contributed by atoms with van der Waals surface area (Å²) in [6.07, 6.45) is -0.0595. The minimum absolute atomic E-state index is 0.0224. The average Bonchev–Trinajstić information content (AvgIpc) is 2.60. The van der Waals surface area contributed by atoms with Crippen LogP contribution >= 0.6 is 0 Å². The van der Waals surface area contributed by atoms with Gasteiger partial charge in [0.1, 0.15) is 6.04 Å². The van der Waals surface area contributed by atoms with Gasteiger partial charge in [-0.2, -0.15) is 0 Å². The normalized spacial score (nSPS) is 11.4. The fourth-order valence-electron chi connectivity index (χ4n) is 2.31. The number of hydrogen-bond donors (Lipinski definition) is 3. The molecule has 0 saturated heterocycles. The van der Waals surface area contributed by atoms with Crippen molar-refractivity contribution >= 4 is 23.5 Å². The van der Waals surface area contributed by atoms with Crippen LogP contribution < -0.4 is 10.6 Å². The molecule has 0 aliphatic heterocycles. The maximum atomic E-state index is 12.4. The third-order valence-electron chi connectivity index (χ3n) is 3.55. The number of carboxylic acid groups (broad SMARTS) is 1. The zero-order valence-corrected chi connectivity index (χ0v) is 13.6. The van der Waals surface area contributed by atoms with E-state index < -0.39 is 17.9 Å². The van der Waals surface area contributed by atoms with Crippen LogP contribution in [0.3, 0.4) is 0 Å². The zero-order chi connectivity index (χ0) is 18.1. The van der Waals surface area contributed by atoms with Crippen molar-refractivity contribution in [3.05, 3.63) is 66.2 Å². The summed E-state index contributed by atoms with van der Waals surface area (Å²) >= 11 is 0. The van der Waals surface area contributed by atoms with Crippen molar-refractivity contribution in [2.75, 3.05) is 5.32 Å². The fraction of sp³-hybridized carbons (Fsp3) is 0.211. The number of para-hydroxylation sites is 1. The molecule has 0 aromatic heterocycles. The lowest BCUT2D eigenvalue weighted by atomic mass is 10.1. The quantitative estimate of drug-likeness (QED) is 0.686. The number of carbonyl (C=O) groups is 3. The lowest BCUT2D eigenvalue weighted by Crippen LogP contribution is -2.44. The van der Waals surface area contributed by atoms with Crippen LogP contribution in [0.5, 0.6) is 0 Å². The highest BCUT2D eigenvalue weighted by Gasteiger charge is 2.22. The van der Waals surface area contributed by atoms with Crippen LogP contribution in [0.15, 0.2) is 60.7 Å². The second-order valence-electron chi connectivity index (χ2n) is 5.57. The molecule has 6 heteroatoms. The molecule has 0 aliphatic carbocycles. The average molecular weight is 340 g/mol. The van der Waals surface area contributed by atoms with Gasteiger partial charge in [-0.1, -0.05) is 48.5 Å². The smallest absolute Gasteiger partial charge is 0.303 e. The molecular weight excluding hydrogens is 320 g/mol. The first-order valence-electron chi connectivity index (χ1n) is 7.95. The Hall–Kier alpha value is -3.15. The fourth-order valence-corrected chi connectivity index (χ4v) is 2.31. The first kappa shape index (κ1) is 18.2. The van der Waals surface area contributed by atoms with E-state index in [2.05, 4.69) is 10.6 Å². The van der Waals surface area contributed by atoms with E-state index >= 15 is 0 Å². The number of amides is 2. The van der Waals surface area contributed by atoms with E-state index in [1.54, 1.807) is 24.3 Å². The molecule has 0 heterocycles. The van der Waals surface area contributed by atoms with Crippen LogP contribution in [-0.2, 0) is 20.8 Å². The van der Waals surface area contributed by atoms with E-state index in [4.69, 9.17) is 5.11 Å². The lowest BCUT2D eigenvalue weighted by molar-refractivity contribution is -0.137. The molecule has 1 atom stereocenters. The zero-order valence-electron chi connectivity index (χ0n) is 13.6. The van der Waals surface area contributed by atoms with E-state index in [0.29, 0.717) is 5.69 Å². The highest BCUT2D eigenvalue weighted by molar-refractivity contribution is 5.97. The van der Waals surface area contributed by atoms with Crippen LogP contribution in [0.4, 0.5) is 5.69 Å². The first-order chi connectivity index (χ1) is 12.0. The molecule has 2 aromatic carbocycles. The van der Waals surface area contributed by atoms with Crippen LogP contribution in [-0.4, -0.2) is 28.9 Å². The van der Waals surface area contributed by atoms with Gasteiger partial charge in [-0.05, 0) is 24.1 Å². The molecule has 0 unspecified atom stereocenters. The van der Waals surface area contributed by atoms with Crippen LogP contribution in [0.2, 0.25) is 0 Å². The molecule has 0 saturated carbocycles. The minimum atomic E-state index is -1.02. The summed E-state index contributed by atoms with van der Waals surface area (Å²) < 4.78 is 0. The third-order valence-corrected chi connectivity index (χ3v) is 3.55. The van der Waals surface area contributed by atoms with Crippen LogP contribution in [0.1, 0.15) is 18.4 Å². The molecule has 0 fully saturated rings. The predicted molar refractivity (Wildman–Crippen MR) is 94.0 cm³/mol. The monoisotopic (exact) mass is 340 g/mol. The molecule has 25 heavy (non-hydrogen) atoms. The number of rotatable bonds is 8. The molecule has 2 rings (SSSR count). The number of anilines is 1. The molecule has 130 valence electrons. The van der Waals surface area contributed by atoms with Crippen molar-refractivity contribution in [2.45, 2.75) is 25.3 Å². The molecule has 0 radical (unpaired) electrons. The van der Waals surface area contributed by atoms with Crippen LogP contribution in [0.25, 0.3) is 0 Å². The summed E-state index contributed by atoms with van der Waals surface area (Å²) in [7, 11) is 0. The topological polar surface area (TPSA) is 95.5 Å². The summed E-state index contributed by atoms with van der Waals surface area (Å²) in [5, 5.41) is 14.2. The van der Waals surface area contributed by atoms with Crippen molar-refractivity contribution < 1.29 is 19.5 Å². The number of carbonyl (C=O) groups excluding carboxylic acids is 2. The predicted octanol–water partition coefficient (Wildman–Crippen LogP) is 2.22. The van der Waals surface area contributed by atoms with E-state index in [9.17, 15) is 14.4 Å². The molecule has 0 bridgehead atoms. The Morgan fingerprint density at radius 1 is 0.920 bits per heavy atom. The Balaban J connectivity index is 2.00. The van der Waals surface area contributed by atoms with Crippen LogP contribution in [0, 0.1) is 0 Å². The highest BCUT2D eigenvalue weighted by atomic mass is 16.4. The molecule has 6 nitrogen and oxygen atoms in total. The van der Waals surface area contributed by atoms with E-state index in [-0.39, 0.29) is 25.2 Å². The summed E-state index contributed by atoms with van der Waals surface area (Å²) in [4.78, 5) is 35.4. The van der Waals surface area contributed by atoms with E-state index in [1.165, 1.54) is 0 Å². The second-order valence-corrected chi connectivity index (χ2v) is 5.57. The number of nitrogens with one attached hydrogen (secondary N) is 2. The van der Waals surface area contributed by atoms with Gasteiger partial charge in [-0.15, -0.1) is 0 Å². The molecule has 2 aromatic rings. The highest BCUT2D eigenvalue weighted by Crippen LogP contribution is 2.08. The third kappa shape index (κ3) is 6.47. The van der Waals surface area contributed by atoms with Gasteiger partial charge in [0.2, 0.25) is 11.8 Å². The molecular formula is C19H20N2O4. The number of benzene rings is 2. The van der Waals surface area contributed by atoms with Gasteiger partial charge >= 0.3 is 5.97 Å². The largest absolute Gasteiger partial charge is 0.481 e. The molecule has 3 N–H and O–H groups in total. The second kappa shape index (κ2) is 9.22. The Morgan fingerprint density at radius 2 is 1.52 bits per heavy atom. The van der Waals surface area contributed by atoms with Gasteiger partial charge in [0.25, 0.3) is 0 Å². The van der Waals surface area contributed by atoms with Crippen molar-refractivity contribution in [2.24, 2.45) is 0 Å². The number of carboxylic acids is 1. The van der Waals surface area contributed by atoms with Gasteiger partial charge in [-0.25, -0.2) is 0 Å². The van der Waals surface area contributed by atoms with Gasteiger partial charge < -0.3 is 15.7 Å². The standard InChI is InChI=1S/C19H20N2O4/c22-17(13-14-7-3-1-4-8-14)21-16(11-12-18(23)24)19(25)20-15-9-5-2-6-10-15/h1-10,16H,11-13H2,(H,20,25)(H,21,22)(H,23,24)/t16-/m0/s1. The van der Waals surface area contributed by atoms with E-state index in [0.717, 1.165) is 5.56 Å². The summed E-state index contributed by atoms with van der Waals surface area (Å²) in [6.45, 7) is 0. The Kier molecular flexibility index (Phi) is 6.71. The summed E-state index contributed by atoms with van der Waals surface area (Å²) in [5.41, 5.74) is 1.41. The minimum Gasteiger partial charge on any atom is -0.481 e. The Labute approximate surface area is 145 Å². The van der Waals surface area contributed by atoms with Gasteiger partial charge in [0.05, 0.1) is 6.42 Å². The van der Waals surface area contributed by atoms with Crippen molar-refractivity contribution in [3.8, 4) is 0 Å². The maximum absolute atomic E-state index is 12.4. The molecule has 0 spiro atoms. The maximum Gasteiger partial charge on any atom is 0.303 e. The van der Waals surface area contributed by atoms with E-state index in [1.807, 2.05) is 36.4 Å².